The highest BCUT2D eigenvalue weighted by molar-refractivity contribution is 7.98. The van der Waals surface area contributed by atoms with Crippen molar-refractivity contribution < 1.29 is 13.9 Å². The summed E-state index contributed by atoms with van der Waals surface area (Å²) in [7, 11) is 0. The highest BCUT2D eigenvalue weighted by Crippen LogP contribution is 2.31. The fraction of sp³-hybridized carbons (Fsp3) is 0.333. The standard InChI is InChI=1S/C24H25N5O3S2/c1-15-7-4-5-8-19(15)29-22(20-9-6-10-31-20)26-27-24(29)34-14-21-25-18(13-33-21)23(30)28-11-16(2)32-17(3)12-28/h4-10,13,16-17H,11-12,14H2,1-3H3. The number of thioether (sulfide) groups is 1. The van der Waals surface area contributed by atoms with Crippen LogP contribution in [0.1, 0.15) is 34.9 Å². The summed E-state index contributed by atoms with van der Waals surface area (Å²) in [5.74, 6) is 1.83. The van der Waals surface area contributed by atoms with Gasteiger partial charge in [-0.15, -0.1) is 21.5 Å². The average molecular weight is 496 g/mol. The van der Waals surface area contributed by atoms with Crippen LogP contribution in [0.5, 0.6) is 0 Å². The minimum Gasteiger partial charge on any atom is -0.461 e. The maximum atomic E-state index is 13.0. The number of hydrogen-bond donors (Lipinski definition) is 0. The van der Waals surface area contributed by atoms with Crippen LogP contribution in [0.25, 0.3) is 17.3 Å². The molecule has 2 unspecified atom stereocenters. The van der Waals surface area contributed by atoms with Gasteiger partial charge in [0.25, 0.3) is 5.91 Å². The number of aromatic nitrogens is 4. The van der Waals surface area contributed by atoms with E-state index in [2.05, 4.69) is 28.2 Å². The number of carbonyl (C=O) groups excluding carboxylic acids is 1. The smallest absolute Gasteiger partial charge is 0.273 e. The molecule has 34 heavy (non-hydrogen) atoms. The van der Waals surface area contributed by atoms with Gasteiger partial charge in [-0.05, 0) is 44.5 Å². The number of nitrogens with zero attached hydrogens (tertiary/aromatic N) is 5. The zero-order chi connectivity index (χ0) is 23.7. The second-order valence-electron chi connectivity index (χ2n) is 8.29. The van der Waals surface area contributed by atoms with E-state index in [9.17, 15) is 4.79 Å². The molecule has 176 valence electrons. The topological polar surface area (TPSA) is 86.3 Å². The summed E-state index contributed by atoms with van der Waals surface area (Å²) < 4.78 is 13.4. The van der Waals surface area contributed by atoms with E-state index in [1.165, 1.54) is 23.1 Å². The first-order valence-corrected chi connectivity index (χ1v) is 12.9. The minimum atomic E-state index is -0.0438. The second kappa shape index (κ2) is 9.73. The summed E-state index contributed by atoms with van der Waals surface area (Å²) in [5, 5.41) is 12.3. The van der Waals surface area contributed by atoms with Gasteiger partial charge in [0.05, 0.1) is 29.9 Å². The van der Waals surface area contributed by atoms with E-state index < -0.39 is 0 Å². The Labute approximate surface area is 206 Å². The molecule has 5 rings (SSSR count). The lowest BCUT2D eigenvalue weighted by atomic mass is 10.2. The Bertz CT molecular complexity index is 1270. The van der Waals surface area contributed by atoms with E-state index in [0.29, 0.717) is 36.1 Å². The molecule has 3 aromatic heterocycles. The Hall–Kier alpha value is -2.95. The molecule has 0 N–H and O–H groups in total. The van der Waals surface area contributed by atoms with Crippen molar-refractivity contribution in [2.45, 2.75) is 43.9 Å². The van der Waals surface area contributed by atoms with Gasteiger partial charge in [0.1, 0.15) is 10.7 Å². The number of thiazole rings is 1. The van der Waals surface area contributed by atoms with Crippen molar-refractivity contribution in [3.05, 3.63) is 64.3 Å². The third-order valence-electron chi connectivity index (χ3n) is 5.53. The van der Waals surface area contributed by atoms with Gasteiger partial charge in [0.15, 0.2) is 10.9 Å². The first-order valence-electron chi connectivity index (χ1n) is 11.1. The van der Waals surface area contributed by atoms with Crippen LogP contribution in [0, 0.1) is 6.92 Å². The van der Waals surface area contributed by atoms with Gasteiger partial charge >= 0.3 is 0 Å². The minimum absolute atomic E-state index is 0.0255. The maximum absolute atomic E-state index is 13.0. The number of para-hydroxylation sites is 1. The van der Waals surface area contributed by atoms with E-state index in [0.717, 1.165) is 21.4 Å². The number of amides is 1. The third kappa shape index (κ3) is 4.66. The molecular formula is C24H25N5O3S2. The fourth-order valence-electron chi connectivity index (χ4n) is 4.07. The zero-order valence-corrected chi connectivity index (χ0v) is 20.8. The number of carbonyl (C=O) groups is 1. The first kappa shape index (κ1) is 22.8. The molecular weight excluding hydrogens is 470 g/mol. The Kier molecular flexibility index (Phi) is 6.53. The van der Waals surface area contributed by atoms with Gasteiger partial charge in [-0.3, -0.25) is 9.36 Å². The quantitative estimate of drug-likeness (QED) is 0.354. The lowest BCUT2D eigenvalue weighted by Crippen LogP contribution is -2.48. The molecule has 1 fully saturated rings. The number of morpholine rings is 1. The summed E-state index contributed by atoms with van der Waals surface area (Å²) in [6.45, 7) is 7.20. The van der Waals surface area contributed by atoms with E-state index in [-0.39, 0.29) is 18.1 Å². The monoisotopic (exact) mass is 495 g/mol. The first-order chi connectivity index (χ1) is 16.5. The van der Waals surface area contributed by atoms with Crippen LogP contribution in [0.15, 0.2) is 57.6 Å². The molecule has 4 heterocycles. The molecule has 1 aliphatic rings. The predicted molar refractivity (Wildman–Crippen MR) is 131 cm³/mol. The molecule has 2 atom stereocenters. The SMILES string of the molecule is Cc1ccccc1-n1c(SCc2nc(C(=O)N3CC(C)OC(C)C3)cs2)nnc1-c1ccco1. The Morgan fingerprint density at radius 2 is 1.94 bits per heavy atom. The van der Waals surface area contributed by atoms with Crippen LogP contribution in [-0.4, -0.2) is 55.9 Å². The molecule has 1 saturated heterocycles. The Balaban J connectivity index is 1.36. The number of benzene rings is 1. The number of ether oxygens (including phenoxy) is 1. The molecule has 8 nitrogen and oxygen atoms in total. The van der Waals surface area contributed by atoms with Gasteiger partial charge in [0.2, 0.25) is 5.82 Å². The van der Waals surface area contributed by atoms with Crippen LogP contribution in [0.2, 0.25) is 0 Å². The maximum Gasteiger partial charge on any atom is 0.273 e. The summed E-state index contributed by atoms with van der Waals surface area (Å²) in [6, 6.07) is 11.8. The third-order valence-corrected chi connectivity index (χ3v) is 7.51. The molecule has 0 bridgehead atoms. The van der Waals surface area contributed by atoms with Crippen molar-refractivity contribution in [3.63, 3.8) is 0 Å². The van der Waals surface area contributed by atoms with E-state index in [4.69, 9.17) is 9.15 Å². The molecule has 10 heteroatoms. The molecule has 1 aliphatic heterocycles. The van der Waals surface area contributed by atoms with Gasteiger partial charge in [-0.25, -0.2) is 4.98 Å². The summed E-state index contributed by atoms with van der Waals surface area (Å²) in [4.78, 5) is 19.4. The molecule has 1 aromatic carbocycles. The normalized spacial score (nSPS) is 18.4. The molecule has 0 radical (unpaired) electrons. The summed E-state index contributed by atoms with van der Waals surface area (Å²) >= 11 is 3.02. The van der Waals surface area contributed by atoms with Crippen molar-refractivity contribution >= 4 is 29.0 Å². The van der Waals surface area contributed by atoms with Crippen molar-refractivity contribution in [3.8, 4) is 17.3 Å². The van der Waals surface area contributed by atoms with E-state index in [1.807, 2.05) is 59.0 Å². The Morgan fingerprint density at radius 1 is 1.15 bits per heavy atom. The largest absolute Gasteiger partial charge is 0.461 e. The fourth-order valence-corrected chi connectivity index (χ4v) is 5.80. The molecule has 4 aromatic rings. The second-order valence-corrected chi connectivity index (χ2v) is 10.2. The Morgan fingerprint density at radius 3 is 2.68 bits per heavy atom. The lowest BCUT2D eigenvalue weighted by molar-refractivity contribution is -0.0587. The summed E-state index contributed by atoms with van der Waals surface area (Å²) in [6.07, 6.45) is 1.68. The van der Waals surface area contributed by atoms with Crippen LogP contribution >= 0.6 is 23.1 Å². The van der Waals surface area contributed by atoms with Crippen molar-refractivity contribution in [2.75, 3.05) is 13.1 Å². The van der Waals surface area contributed by atoms with Gasteiger partial charge in [0, 0.05) is 18.5 Å². The summed E-state index contributed by atoms with van der Waals surface area (Å²) in [5.41, 5.74) is 2.58. The van der Waals surface area contributed by atoms with Crippen molar-refractivity contribution in [2.24, 2.45) is 0 Å². The number of aryl methyl sites for hydroxylation is 1. The van der Waals surface area contributed by atoms with Gasteiger partial charge in [-0.1, -0.05) is 30.0 Å². The van der Waals surface area contributed by atoms with Gasteiger partial charge < -0.3 is 14.1 Å². The molecule has 0 saturated carbocycles. The molecule has 1 amide bonds. The van der Waals surface area contributed by atoms with Crippen molar-refractivity contribution in [1.82, 2.24) is 24.6 Å². The van der Waals surface area contributed by atoms with Crippen LogP contribution in [0.4, 0.5) is 0 Å². The number of furan rings is 1. The lowest BCUT2D eigenvalue weighted by Gasteiger charge is -2.34. The van der Waals surface area contributed by atoms with Crippen LogP contribution < -0.4 is 0 Å². The predicted octanol–water partition coefficient (Wildman–Crippen LogP) is 4.83. The average Bonchev–Trinajstić information content (AvgIpc) is 3.57. The highest BCUT2D eigenvalue weighted by Gasteiger charge is 2.28. The molecule has 0 aliphatic carbocycles. The highest BCUT2D eigenvalue weighted by atomic mass is 32.2. The molecule has 0 spiro atoms. The zero-order valence-electron chi connectivity index (χ0n) is 19.2. The van der Waals surface area contributed by atoms with Crippen LogP contribution in [0.3, 0.4) is 0 Å². The van der Waals surface area contributed by atoms with E-state index >= 15 is 0 Å². The number of hydrogen-bond acceptors (Lipinski definition) is 8. The van der Waals surface area contributed by atoms with E-state index in [1.54, 1.807) is 6.26 Å². The van der Waals surface area contributed by atoms with Gasteiger partial charge in [-0.2, -0.15) is 0 Å². The van der Waals surface area contributed by atoms with Crippen molar-refractivity contribution in [1.29, 1.82) is 0 Å². The van der Waals surface area contributed by atoms with Crippen LogP contribution in [-0.2, 0) is 10.5 Å². The number of rotatable bonds is 6.